The second-order valence-electron chi connectivity index (χ2n) is 9.53. The molecule has 3 rings (SSSR count). The summed E-state index contributed by atoms with van der Waals surface area (Å²) in [5.74, 6) is 0.179. The number of methoxy groups -OCH3 is 2. The lowest BCUT2D eigenvalue weighted by Gasteiger charge is -2.32. The van der Waals surface area contributed by atoms with E-state index in [9.17, 15) is 18.0 Å². The first-order valence-corrected chi connectivity index (χ1v) is 15.0. The van der Waals surface area contributed by atoms with Gasteiger partial charge >= 0.3 is 0 Å². The zero-order valence-electron chi connectivity index (χ0n) is 23.8. The summed E-state index contributed by atoms with van der Waals surface area (Å²) in [5.41, 5.74) is 0.966. The van der Waals surface area contributed by atoms with Crippen molar-refractivity contribution >= 4 is 39.1 Å². The van der Waals surface area contributed by atoms with Crippen LogP contribution in [0.2, 0.25) is 5.02 Å². The van der Waals surface area contributed by atoms with E-state index in [4.69, 9.17) is 21.1 Å². The summed E-state index contributed by atoms with van der Waals surface area (Å²) in [5, 5.41) is 3.33. The average Bonchev–Trinajstić information content (AvgIpc) is 2.98. The number of nitrogens with one attached hydrogen (secondary N) is 1. The predicted octanol–water partition coefficient (Wildman–Crippen LogP) is 4.88. The number of hydrogen-bond acceptors (Lipinski definition) is 6. The third kappa shape index (κ3) is 8.14. The predicted molar refractivity (Wildman–Crippen MR) is 160 cm³/mol. The van der Waals surface area contributed by atoms with Gasteiger partial charge in [-0.05, 0) is 86.5 Å². The first kappa shape index (κ1) is 31.8. The van der Waals surface area contributed by atoms with E-state index in [1.54, 1.807) is 37.3 Å². The van der Waals surface area contributed by atoms with Crippen molar-refractivity contribution < 1.29 is 27.5 Å². The van der Waals surface area contributed by atoms with Crippen LogP contribution in [0.15, 0.2) is 77.7 Å². The summed E-state index contributed by atoms with van der Waals surface area (Å²) in [6.07, 6.45) is 0.715. The number of carbonyl (C=O) groups is 2. The minimum Gasteiger partial charge on any atom is -0.497 e. The van der Waals surface area contributed by atoms with Crippen molar-refractivity contribution in [3.63, 3.8) is 0 Å². The number of carbonyl (C=O) groups excluding carboxylic acids is 2. The van der Waals surface area contributed by atoms with E-state index in [0.717, 1.165) is 9.87 Å². The molecule has 0 aliphatic carbocycles. The molecule has 0 aliphatic heterocycles. The fraction of sp³-hybridized carbons (Fsp3) is 0.333. The van der Waals surface area contributed by atoms with E-state index >= 15 is 0 Å². The summed E-state index contributed by atoms with van der Waals surface area (Å²) in [4.78, 5) is 28.5. The van der Waals surface area contributed by atoms with E-state index < -0.39 is 28.5 Å². The van der Waals surface area contributed by atoms with Crippen LogP contribution in [0.4, 0.5) is 5.69 Å². The lowest BCUT2D eigenvalue weighted by molar-refractivity contribution is -0.139. The molecule has 0 unspecified atom stereocenters. The average molecular weight is 602 g/mol. The van der Waals surface area contributed by atoms with Gasteiger partial charge in [-0.2, -0.15) is 0 Å². The van der Waals surface area contributed by atoms with Gasteiger partial charge in [0.15, 0.2) is 0 Å². The summed E-state index contributed by atoms with van der Waals surface area (Å²) in [7, 11) is -1.18. The molecule has 41 heavy (non-hydrogen) atoms. The number of halogens is 1. The maximum atomic E-state index is 14.0. The summed E-state index contributed by atoms with van der Waals surface area (Å²) < 4.78 is 39.3. The highest BCUT2D eigenvalue weighted by molar-refractivity contribution is 7.92. The van der Waals surface area contributed by atoms with Crippen molar-refractivity contribution in [2.24, 2.45) is 0 Å². The molecule has 0 saturated carbocycles. The van der Waals surface area contributed by atoms with Crippen molar-refractivity contribution in [2.45, 2.75) is 50.7 Å². The van der Waals surface area contributed by atoms with Crippen molar-refractivity contribution in [1.82, 2.24) is 10.2 Å². The maximum Gasteiger partial charge on any atom is 0.264 e. The number of hydrogen-bond donors (Lipinski definition) is 1. The number of benzene rings is 3. The largest absolute Gasteiger partial charge is 0.497 e. The van der Waals surface area contributed by atoms with Gasteiger partial charge < -0.3 is 19.7 Å². The van der Waals surface area contributed by atoms with Gasteiger partial charge in [-0.25, -0.2) is 8.42 Å². The van der Waals surface area contributed by atoms with Crippen molar-refractivity contribution in [3.8, 4) is 11.5 Å². The molecule has 11 heteroatoms. The molecule has 2 amide bonds. The van der Waals surface area contributed by atoms with Gasteiger partial charge in [-0.1, -0.05) is 30.7 Å². The summed E-state index contributed by atoms with van der Waals surface area (Å²) in [6, 6.07) is 18.2. The van der Waals surface area contributed by atoms with Gasteiger partial charge in [-0.15, -0.1) is 0 Å². The molecule has 2 atom stereocenters. The number of ether oxygens (including phenoxy) is 2. The molecule has 0 spiro atoms. The van der Waals surface area contributed by atoms with Crippen LogP contribution in [0.5, 0.6) is 11.5 Å². The van der Waals surface area contributed by atoms with Crippen LogP contribution in [0.3, 0.4) is 0 Å². The lowest BCUT2D eigenvalue weighted by Crippen LogP contribution is -2.52. The molecule has 1 N–H and O–H groups in total. The van der Waals surface area contributed by atoms with Gasteiger partial charge in [-0.3, -0.25) is 13.9 Å². The molecule has 3 aromatic carbocycles. The standard InChI is InChI=1S/C30H36ClN3O6S/c1-6-21(2)32-30(36)22(3)33(19-23-8-7-9-27(18-23)40-5)29(35)20-34(25-12-10-24(31)11-13-25)41(37,38)28-16-14-26(39-4)15-17-28/h7-18,21-22H,6,19-20H2,1-5H3,(H,32,36)/t21-,22+/m1/s1. The van der Waals surface area contributed by atoms with Crippen LogP contribution in [-0.2, 0) is 26.2 Å². The van der Waals surface area contributed by atoms with Gasteiger partial charge in [0, 0.05) is 17.6 Å². The number of sulfonamides is 1. The molecule has 0 heterocycles. The highest BCUT2D eigenvalue weighted by Crippen LogP contribution is 2.27. The Labute approximate surface area is 247 Å². The molecule has 220 valence electrons. The van der Waals surface area contributed by atoms with E-state index in [1.165, 1.54) is 55.5 Å². The molecule has 0 aliphatic rings. The third-order valence-corrected chi connectivity index (χ3v) is 8.74. The Hall–Kier alpha value is -3.76. The second-order valence-corrected chi connectivity index (χ2v) is 11.8. The van der Waals surface area contributed by atoms with Gasteiger partial charge in [0.25, 0.3) is 10.0 Å². The Bertz CT molecular complexity index is 1430. The van der Waals surface area contributed by atoms with Crippen molar-refractivity contribution in [3.05, 3.63) is 83.4 Å². The number of anilines is 1. The Morgan fingerprint density at radius 3 is 2.15 bits per heavy atom. The molecule has 0 bridgehead atoms. The Morgan fingerprint density at radius 1 is 0.927 bits per heavy atom. The van der Waals surface area contributed by atoms with E-state index in [0.29, 0.717) is 22.9 Å². The molecule has 0 fully saturated rings. The fourth-order valence-electron chi connectivity index (χ4n) is 4.03. The van der Waals surface area contributed by atoms with Gasteiger partial charge in [0.05, 0.1) is 24.8 Å². The van der Waals surface area contributed by atoms with Crippen LogP contribution < -0.4 is 19.1 Å². The SMILES string of the molecule is CC[C@@H](C)NC(=O)[C@H](C)N(Cc1cccc(OC)c1)C(=O)CN(c1ccc(Cl)cc1)S(=O)(=O)c1ccc(OC)cc1. The van der Waals surface area contributed by atoms with Crippen LogP contribution in [0.25, 0.3) is 0 Å². The quantitative estimate of drug-likeness (QED) is 0.299. The van der Waals surface area contributed by atoms with E-state index in [2.05, 4.69) is 5.32 Å². The molecule has 9 nitrogen and oxygen atoms in total. The van der Waals surface area contributed by atoms with Crippen molar-refractivity contribution in [1.29, 1.82) is 0 Å². The molecule has 0 aromatic heterocycles. The summed E-state index contributed by atoms with van der Waals surface area (Å²) in [6.45, 7) is 4.95. The number of rotatable bonds is 13. The smallest absolute Gasteiger partial charge is 0.264 e. The molecular weight excluding hydrogens is 566 g/mol. The molecular formula is C30H36ClN3O6S. The normalized spacial score (nSPS) is 12.6. The zero-order valence-corrected chi connectivity index (χ0v) is 25.4. The van der Waals surface area contributed by atoms with E-state index in [-0.39, 0.29) is 29.1 Å². The highest BCUT2D eigenvalue weighted by Gasteiger charge is 2.33. The Morgan fingerprint density at radius 2 is 1.56 bits per heavy atom. The van der Waals surface area contributed by atoms with Gasteiger partial charge in [0.2, 0.25) is 11.8 Å². The molecule has 0 saturated heterocycles. The van der Waals surface area contributed by atoms with Crippen LogP contribution in [0, 0.1) is 0 Å². The van der Waals surface area contributed by atoms with E-state index in [1.807, 2.05) is 19.9 Å². The monoisotopic (exact) mass is 601 g/mol. The number of amides is 2. The first-order valence-electron chi connectivity index (χ1n) is 13.1. The van der Waals surface area contributed by atoms with Crippen LogP contribution in [-0.4, -0.2) is 58.0 Å². The minimum atomic E-state index is -4.21. The van der Waals surface area contributed by atoms with Crippen molar-refractivity contribution in [2.75, 3.05) is 25.1 Å². The Balaban J connectivity index is 2.03. The minimum absolute atomic E-state index is 0.0250. The highest BCUT2D eigenvalue weighted by atomic mass is 35.5. The third-order valence-electron chi connectivity index (χ3n) is 6.70. The number of nitrogens with zero attached hydrogens (tertiary/aromatic N) is 2. The first-order chi connectivity index (χ1) is 19.5. The Kier molecular flexibility index (Phi) is 11.0. The molecule has 3 aromatic rings. The maximum absolute atomic E-state index is 14.0. The van der Waals surface area contributed by atoms with Crippen LogP contribution >= 0.6 is 11.6 Å². The zero-order chi connectivity index (χ0) is 30.2. The summed E-state index contributed by atoms with van der Waals surface area (Å²) >= 11 is 6.07. The second kappa shape index (κ2) is 14.2. The fourth-order valence-corrected chi connectivity index (χ4v) is 5.57. The lowest BCUT2D eigenvalue weighted by atomic mass is 10.1. The van der Waals surface area contributed by atoms with Crippen LogP contribution in [0.1, 0.15) is 32.8 Å². The topological polar surface area (TPSA) is 105 Å². The van der Waals surface area contributed by atoms with Gasteiger partial charge in [0.1, 0.15) is 24.1 Å². The molecule has 0 radical (unpaired) electrons.